The lowest BCUT2D eigenvalue weighted by Gasteiger charge is -2.28. The molecule has 0 N–H and O–H groups in total. The summed E-state index contributed by atoms with van der Waals surface area (Å²) in [6, 6.07) is 14.5. The molecule has 1 aliphatic rings. The summed E-state index contributed by atoms with van der Waals surface area (Å²) in [4.78, 5) is 18.2. The van der Waals surface area contributed by atoms with E-state index < -0.39 is 0 Å². The average molecular weight is 415 g/mol. The molecule has 0 unspecified atom stereocenters. The van der Waals surface area contributed by atoms with Gasteiger partial charge in [-0.1, -0.05) is 18.2 Å². The first kappa shape index (κ1) is 21.5. The topological polar surface area (TPSA) is 42.0 Å². The second-order valence-corrected chi connectivity index (χ2v) is 8.21. The standard InChI is InChI=1S/C23H30N2O3S/c1-24(15-17-7-10-19(29-4)11-8-17)23(26)16-25-13-5-6-21(25)20-12-9-18(27-2)14-22(20)28-3/h7-12,14,21H,5-6,13,15-16H2,1-4H3/t21-/m1/s1. The third kappa shape index (κ3) is 5.25. The van der Waals surface area contributed by atoms with E-state index >= 15 is 0 Å². The summed E-state index contributed by atoms with van der Waals surface area (Å²) >= 11 is 1.72. The average Bonchev–Trinajstić information content (AvgIpc) is 3.21. The molecule has 3 rings (SSSR count). The van der Waals surface area contributed by atoms with E-state index in [2.05, 4.69) is 41.5 Å². The predicted octanol–water partition coefficient (Wildman–Crippen LogP) is 4.22. The summed E-state index contributed by atoms with van der Waals surface area (Å²) in [7, 11) is 5.21. The number of carbonyl (C=O) groups excluding carboxylic acids is 1. The van der Waals surface area contributed by atoms with E-state index in [-0.39, 0.29) is 11.9 Å². The fourth-order valence-electron chi connectivity index (χ4n) is 3.85. The minimum atomic E-state index is 0.137. The number of nitrogens with zero attached hydrogens (tertiary/aromatic N) is 2. The minimum absolute atomic E-state index is 0.137. The molecule has 0 bridgehead atoms. The van der Waals surface area contributed by atoms with Crippen molar-refractivity contribution >= 4 is 17.7 Å². The lowest BCUT2D eigenvalue weighted by molar-refractivity contribution is -0.131. The maximum Gasteiger partial charge on any atom is 0.236 e. The quantitative estimate of drug-likeness (QED) is 0.605. The number of benzene rings is 2. The molecule has 1 fully saturated rings. The summed E-state index contributed by atoms with van der Waals surface area (Å²) < 4.78 is 10.9. The van der Waals surface area contributed by atoms with Gasteiger partial charge in [-0.3, -0.25) is 9.69 Å². The predicted molar refractivity (Wildman–Crippen MR) is 118 cm³/mol. The molecule has 0 aromatic heterocycles. The second kappa shape index (κ2) is 10.0. The van der Waals surface area contributed by atoms with Crippen LogP contribution < -0.4 is 9.47 Å². The third-order valence-electron chi connectivity index (χ3n) is 5.51. The highest BCUT2D eigenvalue weighted by Gasteiger charge is 2.30. The van der Waals surface area contributed by atoms with Crippen molar-refractivity contribution < 1.29 is 14.3 Å². The van der Waals surface area contributed by atoms with E-state index in [0.717, 1.165) is 42.0 Å². The molecule has 1 heterocycles. The number of likely N-dealkylation sites (tertiary alicyclic amines) is 1. The summed E-state index contributed by atoms with van der Waals surface area (Å²) in [5.74, 6) is 1.73. The summed E-state index contributed by atoms with van der Waals surface area (Å²) in [5, 5.41) is 0. The van der Waals surface area contributed by atoms with Crippen LogP contribution in [0.4, 0.5) is 0 Å². The van der Waals surface area contributed by atoms with Gasteiger partial charge in [0, 0.05) is 36.2 Å². The van der Waals surface area contributed by atoms with E-state index in [1.807, 2.05) is 24.1 Å². The lowest BCUT2D eigenvalue weighted by Crippen LogP contribution is -2.37. The second-order valence-electron chi connectivity index (χ2n) is 7.33. The van der Waals surface area contributed by atoms with Crippen molar-refractivity contribution in [1.29, 1.82) is 0 Å². The van der Waals surface area contributed by atoms with Gasteiger partial charge >= 0.3 is 0 Å². The van der Waals surface area contributed by atoms with Crippen LogP contribution >= 0.6 is 11.8 Å². The molecule has 6 heteroatoms. The van der Waals surface area contributed by atoms with Crippen LogP contribution in [0.15, 0.2) is 47.4 Å². The largest absolute Gasteiger partial charge is 0.497 e. The van der Waals surface area contributed by atoms with Crippen LogP contribution in [0.3, 0.4) is 0 Å². The number of carbonyl (C=O) groups is 1. The molecule has 2 aromatic carbocycles. The molecule has 1 amide bonds. The fourth-order valence-corrected chi connectivity index (χ4v) is 4.26. The molecule has 29 heavy (non-hydrogen) atoms. The molecule has 5 nitrogen and oxygen atoms in total. The van der Waals surface area contributed by atoms with Crippen LogP contribution in [0, 0.1) is 0 Å². The first-order chi connectivity index (χ1) is 14.0. The highest BCUT2D eigenvalue weighted by Crippen LogP contribution is 2.38. The number of methoxy groups -OCH3 is 2. The first-order valence-corrected chi connectivity index (χ1v) is 11.1. The Morgan fingerprint density at radius 1 is 1.17 bits per heavy atom. The van der Waals surface area contributed by atoms with Crippen LogP contribution in [0.5, 0.6) is 11.5 Å². The Morgan fingerprint density at radius 2 is 1.93 bits per heavy atom. The van der Waals surface area contributed by atoms with E-state index in [1.165, 1.54) is 4.90 Å². The Bertz CT molecular complexity index is 825. The SMILES string of the molecule is COc1ccc([C@H]2CCCN2CC(=O)N(C)Cc2ccc(SC)cc2)c(OC)c1. The smallest absolute Gasteiger partial charge is 0.236 e. The molecule has 156 valence electrons. The van der Waals surface area contributed by atoms with Crippen molar-refractivity contribution in [2.75, 3.05) is 40.6 Å². The van der Waals surface area contributed by atoms with Gasteiger partial charge in [0.25, 0.3) is 0 Å². The van der Waals surface area contributed by atoms with Crippen LogP contribution in [0.25, 0.3) is 0 Å². The Balaban J connectivity index is 1.66. The normalized spacial score (nSPS) is 16.6. The number of amides is 1. The van der Waals surface area contributed by atoms with Crippen molar-refractivity contribution in [1.82, 2.24) is 9.80 Å². The first-order valence-electron chi connectivity index (χ1n) is 9.88. The molecule has 2 aromatic rings. The summed E-state index contributed by atoms with van der Waals surface area (Å²) in [6.07, 6.45) is 4.16. The summed E-state index contributed by atoms with van der Waals surface area (Å²) in [5.41, 5.74) is 2.27. The number of hydrogen-bond acceptors (Lipinski definition) is 5. The Hall–Kier alpha value is -2.18. The van der Waals surface area contributed by atoms with E-state index in [9.17, 15) is 4.79 Å². The fraction of sp³-hybridized carbons (Fsp3) is 0.435. The molecule has 0 spiro atoms. The number of rotatable bonds is 8. The van der Waals surface area contributed by atoms with Gasteiger partial charge in [0.05, 0.1) is 20.8 Å². The maximum absolute atomic E-state index is 12.9. The summed E-state index contributed by atoms with van der Waals surface area (Å²) in [6.45, 7) is 1.96. The van der Waals surface area contributed by atoms with Gasteiger partial charge in [-0.15, -0.1) is 11.8 Å². The van der Waals surface area contributed by atoms with E-state index in [1.54, 1.807) is 26.0 Å². The Kier molecular flexibility index (Phi) is 7.45. The van der Waals surface area contributed by atoms with Crippen LogP contribution in [0.2, 0.25) is 0 Å². The zero-order valence-corrected chi connectivity index (χ0v) is 18.5. The Morgan fingerprint density at radius 3 is 2.59 bits per heavy atom. The highest BCUT2D eigenvalue weighted by molar-refractivity contribution is 7.98. The van der Waals surface area contributed by atoms with Gasteiger partial charge in [-0.25, -0.2) is 0 Å². The molecule has 0 saturated carbocycles. The van der Waals surface area contributed by atoms with Crippen molar-refractivity contribution in [2.24, 2.45) is 0 Å². The monoisotopic (exact) mass is 414 g/mol. The number of ether oxygens (including phenoxy) is 2. The minimum Gasteiger partial charge on any atom is -0.497 e. The van der Waals surface area contributed by atoms with Crippen LogP contribution in [-0.4, -0.2) is 56.3 Å². The van der Waals surface area contributed by atoms with Crippen molar-refractivity contribution in [3.8, 4) is 11.5 Å². The molecule has 0 aliphatic carbocycles. The van der Waals surface area contributed by atoms with Crippen molar-refractivity contribution in [3.05, 3.63) is 53.6 Å². The molecule has 1 atom stereocenters. The number of likely N-dealkylation sites (N-methyl/N-ethyl adjacent to an activating group) is 1. The number of thioether (sulfide) groups is 1. The highest BCUT2D eigenvalue weighted by atomic mass is 32.2. The molecular weight excluding hydrogens is 384 g/mol. The van der Waals surface area contributed by atoms with Crippen LogP contribution in [-0.2, 0) is 11.3 Å². The lowest BCUT2D eigenvalue weighted by atomic mass is 10.0. The molecule has 1 saturated heterocycles. The van der Waals surface area contributed by atoms with E-state index in [4.69, 9.17) is 9.47 Å². The molecule has 0 radical (unpaired) electrons. The number of hydrogen-bond donors (Lipinski definition) is 0. The van der Waals surface area contributed by atoms with E-state index in [0.29, 0.717) is 13.1 Å². The zero-order chi connectivity index (χ0) is 20.8. The van der Waals surface area contributed by atoms with Gasteiger partial charge < -0.3 is 14.4 Å². The van der Waals surface area contributed by atoms with Crippen molar-refractivity contribution in [3.63, 3.8) is 0 Å². The molecular formula is C23H30N2O3S. The van der Waals surface area contributed by atoms with Gasteiger partial charge in [-0.2, -0.15) is 0 Å². The third-order valence-corrected chi connectivity index (χ3v) is 6.25. The van der Waals surface area contributed by atoms with Gasteiger partial charge in [0.2, 0.25) is 5.91 Å². The Labute approximate surface area is 178 Å². The molecule has 1 aliphatic heterocycles. The van der Waals surface area contributed by atoms with Gasteiger partial charge in [-0.05, 0) is 49.4 Å². The van der Waals surface area contributed by atoms with Gasteiger partial charge in [0.1, 0.15) is 11.5 Å². The van der Waals surface area contributed by atoms with Gasteiger partial charge in [0.15, 0.2) is 0 Å². The zero-order valence-electron chi connectivity index (χ0n) is 17.7. The van der Waals surface area contributed by atoms with Crippen molar-refractivity contribution in [2.45, 2.75) is 30.3 Å². The maximum atomic E-state index is 12.9. The van der Waals surface area contributed by atoms with Crippen LogP contribution in [0.1, 0.15) is 30.0 Å².